The van der Waals surface area contributed by atoms with Gasteiger partial charge in [0.05, 0.1) is 6.17 Å². The summed E-state index contributed by atoms with van der Waals surface area (Å²) in [6, 6.07) is -1.44. The van der Waals surface area contributed by atoms with Gasteiger partial charge in [-0.05, 0) is 6.92 Å². The second-order valence-electron chi connectivity index (χ2n) is 1.99. The Morgan fingerprint density at radius 1 is 1.08 bits per heavy atom. The van der Waals surface area contributed by atoms with Gasteiger partial charge in [-0.3, -0.25) is 10.9 Å². The molecule has 4 amide bonds. The molecule has 0 aromatic carbocycles. The van der Waals surface area contributed by atoms with Crippen molar-refractivity contribution in [1.29, 1.82) is 0 Å². The maximum Gasteiger partial charge on any atom is 0.326 e. The number of rotatable bonds is 4. The predicted octanol–water partition coefficient (Wildman–Crippen LogP) is -2.32. The maximum absolute atomic E-state index is 10.2. The van der Waals surface area contributed by atoms with Crippen LogP contribution in [0.2, 0.25) is 0 Å². The molecule has 0 aliphatic heterocycles. The summed E-state index contributed by atoms with van der Waals surface area (Å²) < 4.78 is 0. The number of primary amides is 2. The molecule has 0 radical (unpaired) electrons. The van der Waals surface area contributed by atoms with Crippen molar-refractivity contribution < 1.29 is 9.59 Å². The van der Waals surface area contributed by atoms with E-state index in [1.165, 1.54) is 0 Å². The van der Waals surface area contributed by atoms with Gasteiger partial charge < -0.3 is 11.5 Å². The average Bonchev–Trinajstić information content (AvgIpc) is 1.96. The molecule has 0 saturated heterocycles. The van der Waals surface area contributed by atoms with Crippen LogP contribution in [0, 0.1) is 0 Å². The van der Waals surface area contributed by atoms with Crippen molar-refractivity contribution in [3.63, 3.8) is 0 Å². The van der Waals surface area contributed by atoms with E-state index in [0.29, 0.717) is 0 Å². The highest BCUT2D eigenvalue weighted by Crippen LogP contribution is 1.66. The van der Waals surface area contributed by atoms with Crippen molar-refractivity contribution in [1.82, 2.24) is 21.7 Å². The van der Waals surface area contributed by atoms with Gasteiger partial charge in [0.15, 0.2) is 0 Å². The lowest BCUT2D eigenvalue weighted by Gasteiger charge is -2.14. The number of carbonyl (C=O) groups is 2. The fourth-order valence-electron chi connectivity index (χ4n) is 0.395. The molecule has 0 aliphatic rings. The minimum absolute atomic E-state index is 0.384. The second-order valence-corrected chi connectivity index (χ2v) is 1.99. The van der Waals surface area contributed by atoms with Gasteiger partial charge in [-0.25, -0.2) is 20.4 Å². The van der Waals surface area contributed by atoms with Crippen LogP contribution in [0.25, 0.3) is 0 Å². The van der Waals surface area contributed by atoms with E-state index < -0.39 is 12.1 Å². The van der Waals surface area contributed by atoms with E-state index in [4.69, 9.17) is 11.5 Å². The molecule has 70 valence electrons. The fraction of sp³-hybridized carbons (Fsp3) is 0.500. The number of hydrogen-bond acceptors (Lipinski definition) is 4. The Kier molecular flexibility index (Phi) is 4.49. The molecule has 0 spiro atoms. The van der Waals surface area contributed by atoms with E-state index in [9.17, 15) is 9.59 Å². The highest BCUT2D eigenvalue weighted by molar-refractivity contribution is 5.71. The van der Waals surface area contributed by atoms with Crippen LogP contribution in [-0.2, 0) is 0 Å². The average molecular weight is 176 g/mol. The summed E-state index contributed by atoms with van der Waals surface area (Å²) in [6.07, 6.45) is -0.384. The van der Waals surface area contributed by atoms with Crippen LogP contribution in [0.1, 0.15) is 6.92 Å². The molecule has 0 rings (SSSR count). The summed E-state index contributed by atoms with van der Waals surface area (Å²) >= 11 is 0. The van der Waals surface area contributed by atoms with Crippen molar-refractivity contribution in [3.8, 4) is 0 Å². The second kappa shape index (κ2) is 5.16. The summed E-state index contributed by atoms with van der Waals surface area (Å²) in [5.74, 6) is 0. The van der Waals surface area contributed by atoms with Crippen LogP contribution in [0.15, 0.2) is 0 Å². The fourth-order valence-corrected chi connectivity index (χ4v) is 0.395. The summed E-state index contributed by atoms with van der Waals surface area (Å²) in [4.78, 5) is 20.3. The number of hydrogen-bond donors (Lipinski definition) is 6. The predicted molar refractivity (Wildman–Crippen MR) is 41.2 cm³/mol. The largest absolute Gasteiger partial charge is 0.351 e. The van der Waals surface area contributed by atoms with Crippen LogP contribution in [0.3, 0.4) is 0 Å². The minimum Gasteiger partial charge on any atom is -0.351 e. The quantitative estimate of drug-likeness (QED) is 0.212. The zero-order valence-corrected chi connectivity index (χ0v) is 6.55. The molecule has 0 aromatic rings. The highest BCUT2D eigenvalue weighted by Gasteiger charge is 2.00. The van der Waals surface area contributed by atoms with Gasteiger partial charge in [-0.15, -0.1) is 0 Å². The van der Waals surface area contributed by atoms with E-state index in [1.54, 1.807) is 6.92 Å². The van der Waals surface area contributed by atoms with Crippen LogP contribution in [0.5, 0.6) is 0 Å². The number of urea groups is 2. The summed E-state index contributed by atoms with van der Waals surface area (Å²) in [7, 11) is 0. The lowest BCUT2D eigenvalue weighted by Crippen LogP contribution is -2.56. The van der Waals surface area contributed by atoms with Crippen molar-refractivity contribution in [2.45, 2.75) is 13.1 Å². The van der Waals surface area contributed by atoms with Crippen molar-refractivity contribution in [2.75, 3.05) is 0 Å². The molecule has 0 saturated carbocycles. The highest BCUT2D eigenvalue weighted by atomic mass is 16.2. The van der Waals surface area contributed by atoms with Crippen molar-refractivity contribution in [2.24, 2.45) is 11.5 Å². The molecule has 0 unspecified atom stereocenters. The molecule has 8 N–H and O–H groups in total. The summed E-state index contributed by atoms with van der Waals surface area (Å²) in [5.41, 5.74) is 18.6. The molecule has 12 heavy (non-hydrogen) atoms. The Hall–Kier alpha value is -1.54. The zero-order valence-electron chi connectivity index (χ0n) is 6.55. The smallest absolute Gasteiger partial charge is 0.326 e. The molecule has 0 aliphatic carbocycles. The van der Waals surface area contributed by atoms with Crippen LogP contribution in [0.4, 0.5) is 9.59 Å². The number of nitrogens with one attached hydrogen (secondary N) is 4. The lowest BCUT2D eigenvalue weighted by molar-refractivity contribution is 0.233. The molecule has 0 aromatic heterocycles. The molecule has 0 heterocycles. The third-order valence-corrected chi connectivity index (χ3v) is 0.824. The van der Waals surface area contributed by atoms with E-state index >= 15 is 0 Å². The van der Waals surface area contributed by atoms with Gasteiger partial charge in [0.1, 0.15) is 0 Å². The molecule has 8 heteroatoms. The number of nitrogens with two attached hydrogens (primary N) is 2. The molecule has 0 fully saturated rings. The lowest BCUT2D eigenvalue weighted by atomic mass is 10.6. The van der Waals surface area contributed by atoms with Crippen LogP contribution < -0.4 is 33.2 Å². The van der Waals surface area contributed by atoms with E-state index in [1.807, 2.05) is 0 Å². The van der Waals surface area contributed by atoms with Gasteiger partial charge in [-0.2, -0.15) is 0 Å². The van der Waals surface area contributed by atoms with Crippen molar-refractivity contribution in [3.05, 3.63) is 0 Å². The first-order valence-corrected chi connectivity index (χ1v) is 3.14. The maximum atomic E-state index is 10.2. The third kappa shape index (κ3) is 6.58. The third-order valence-electron chi connectivity index (χ3n) is 0.824. The number of hydrazine groups is 2. The molecule has 0 atom stereocenters. The number of amides is 4. The van der Waals surface area contributed by atoms with E-state index in [2.05, 4.69) is 21.7 Å². The summed E-state index contributed by atoms with van der Waals surface area (Å²) in [6.45, 7) is 1.63. The molecular weight excluding hydrogens is 164 g/mol. The van der Waals surface area contributed by atoms with E-state index in [0.717, 1.165) is 0 Å². The standard InChI is InChI=1S/C4H12N6O2/c1-2(7-9-3(5)11)8-10-4(6)12/h2,7-8H,1H3,(H3,5,9,11)(H3,6,10,12). The molecular formula is C4H12N6O2. The Balaban J connectivity index is 3.39. The Morgan fingerprint density at radius 2 is 1.42 bits per heavy atom. The minimum atomic E-state index is -0.720. The van der Waals surface area contributed by atoms with Crippen LogP contribution >= 0.6 is 0 Å². The Labute approximate surface area is 69.0 Å². The first-order valence-electron chi connectivity index (χ1n) is 3.14. The SMILES string of the molecule is CC(NNC(N)=O)NNC(N)=O. The first-order chi connectivity index (χ1) is 5.52. The van der Waals surface area contributed by atoms with Crippen LogP contribution in [-0.4, -0.2) is 18.2 Å². The van der Waals surface area contributed by atoms with Crippen molar-refractivity contribution >= 4 is 12.1 Å². The Morgan fingerprint density at radius 3 is 1.67 bits per heavy atom. The number of carbonyl (C=O) groups excluding carboxylic acids is 2. The topological polar surface area (TPSA) is 134 Å². The van der Waals surface area contributed by atoms with E-state index in [-0.39, 0.29) is 6.17 Å². The molecule has 8 nitrogen and oxygen atoms in total. The molecule has 0 bridgehead atoms. The summed E-state index contributed by atoms with van der Waals surface area (Å²) in [5, 5.41) is 0. The Bertz CT molecular complexity index is 153. The van der Waals surface area contributed by atoms with Gasteiger partial charge in [0, 0.05) is 0 Å². The van der Waals surface area contributed by atoms with Gasteiger partial charge >= 0.3 is 12.1 Å². The van der Waals surface area contributed by atoms with Gasteiger partial charge in [0.2, 0.25) is 0 Å². The zero-order chi connectivity index (χ0) is 9.56. The van der Waals surface area contributed by atoms with Gasteiger partial charge in [-0.1, -0.05) is 0 Å². The normalized spacial score (nSPS) is 9.50. The first kappa shape index (κ1) is 10.5. The monoisotopic (exact) mass is 176 g/mol. The van der Waals surface area contributed by atoms with Gasteiger partial charge in [0.25, 0.3) is 0 Å².